The Bertz CT molecular complexity index is 781. The molecule has 0 saturated carbocycles. The molecule has 0 bridgehead atoms. The standard InChI is InChI=1S/C16H13BrClFN2/c1-10(18)16-20-15-13(19)3-2-4-14(15)21(16)9-11-5-7-12(17)8-6-11/h2-8,10H,9H2,1H3. The van der Waals surface area contributed by atoms with Crippen LogP contribution < -0.4 is 0 Å². The fraction of sp³-hybridized carbons (Fsp3) is 0.188. The van der Waals surface area contributed by atoms with Crippen molar-refractivity contribution in [2.45, 2.75) is 18.8 Å². The molecule has 0 spiro atoms. The van der Waals surface area contributed by atoms with E-state index in [2.05, 4.69) is 20.9 Å². The van der Waals surface area contributed by atoms with E-state index in [-0.39, 0.29) is 11.2 Å². The molecule has 108 valence electrons. The lowest BCUT2D eigenvalue weighted by Crippen LogP contribution is -2.05. The first-order valence-electron chi connectivity index (χ1n) is 6.59. The van der Waals surface area contributed by atoms with Crippen LogP contribution in [0, 0.1) is 5.82 Å². The Morgan fingerprint density at radius 2 is 1.95 bits per heavy atom. The third-order valence-corrected chi connectivity index (χ3v) is 4.09. The summed E-state index contributed by atoms with van der Waals surface area (Å²) >= 11 is 9.63. The van der Waals surface area contributed by atoms with Crippen molar-refractivity contribution in [1.29, 1.82) is 0 Å². The van der Waals surface area contributed by atoms with Gasteiger partial charge in [0.25, 0.3) is 0 Å². The zero-order chi connectivity index (χ0) is 15.0. The van der Waals surface area contributed by atoms with Crippen LogP contribution in [0.25, 0.3) is 11.0 Å². The quantitative estimate of drug-likeness (QED) is 0.575. The largest absolute Gasteiger partial charge is 0.322 e. The van der Waals surface area contributed by atoms with Gasteiger partial charge in [-0.05, 0) is 36.8 Å². The van der Waals surface area contributed by atoms with Gasteiger partial charge in [-0.3, -0.25) is 0 Å². The molecular weight excluding hydrogens is 355 g/mol. The highest BCUT2D eigenvalue weighted by atomic mass is 79.9. The summed E-state index contributed by atoms with van der Waals surface area (Å²) in [7, 11) is 0. The van der Waals surface area contributed by atoms with E-state index in [1.165, 1.54) is 6.07 Å². The fourth-order valence-corrected chi connectivity index (χ4v) is 2.80. The second kappa shape index (κ2) is 5.78. The average molecular weight is 368 g/mol. The van der Waals surface area contributed by atoms with Crippen LogP contribution in [0.1, 0.15) is 23.7 Å². The van der Waals surface area contributed by atoms with Gasteiger partial charge in [0.2, 0.25) is 0 Å². The number of benzene rings is 2. The molecule has 0 amide bonds. The van der Waals surface area contributed by atoms with Crippen molar-refractivity contribution in [3.8, 4) is 0 Å². The van der Waals surface area contributed by atoms with Gasteiger partial charge in [-0.2, -0.15) is 0 Å². The molecule has 5 heteroatoms. The summed E-state index contributed by atoms with van der Waals surface area (Å²) < 4.78 is 16.9. The Hall–Kier alpha value is -1.39. The summed E-state index contributed by atoms with van der Waals surface area (Å²) in [6, 6.07) is 13.0. The maximum Gasteiger partial charge on any atom is 0.151 e. The van der Waals surface area contributed by atoms with Crippen molar-refractivity contribution >= 4 is 38.6 Å². The average Bonchev–Trinajstić information content (AvgIpc) is 2.82. The molecule has 0 aliphatic rings. The highest BCUT2D eigenvalue weighted by molar-refractivity contribution is 9.10. The number of para-hydroxylation sites is 1. The summed E-state index contributed by atoms with van der Waals surface area (Å²) in [6.45, 7) is 2.46. The number of hydrogen-bond acceptors (Lipinski definition) is 1. The number of nitrogens with zero attached hydrogens (tertiary/aromatic N) is 2. The minimum Gasteiger partial charge on any atom is -0.322 e. The summed E-state index contributed by atoms with van der Waals surface area (Å²) in [5.74, 6) is 0.361. The maximum absolute atomic E-state index is 13.9. The smallest absolute Gasteiger partial charge is 0.151 e. The van der Waals surface area contributed by atoms with Gasteiger partial charge in [0.05, 0.1) is 10.9 Å². The Morgan fingerprint density at radius 1 is 1.24 bits per heavy atom. The second-order valence-corrected chi connectivity index (χ2v) is 6.48. The highest BCUT2D eigenvalue weighted by Crippen LogP contribution is 2.27. The fourth-order valence-electron chi connectivity index (χ4n) is 2.37. The van der Waals surface area contributed by atoms with E-state index in [9.17, 15) is 4.39 Å². The molecule has 0 radical (unpaired) electrons. The molecular formula is C16H13BrClFN2. The third-order valence-electron chi connectivity index (χ3n) is 3.37. The van der Waals surface area contributed by atoms with Crippen molar-refractivity contribution in [3.63, 3.8) is 0 Å². The molecule has 0 N–H and O–H groups in total. The number of imidazole rings is 1. The van der Waals surface area contributed by atoms with Crippen LogP contribution in [0.2, 0.25) is 0 Å². The Kier molecular flexibility index (Phi) is 4.00. The molecule has 3 aromatic rings. The lowest BCUT2D eigenvalue weighted by Gasteiger charge is -2.10. The number of halogens is 3. The molecule has 0 saturated heterocycles. The van der Waals surface area contributed by atoms with Gasteiger partial charge in [-0.1, -0.05) is 34.1 Å². The Labute approximate surface area is 135 Å². The molecule has 3 rings (SSSR count). The minimum atomic E-state index is -0.319. The molecule has 0 fully saturated rings. The van der Waals surface area contributed by atoms with Crippen LogP contribution in [-0.4, -0.2) is 9.55 Å². The zero-order valence-electron chi connectivity index (χ0n) is 11.4. The maximum atomic E-state index is 13.9. The molecule has 0 aliphatic carbocycles. The molecule has 2 nitrogen and oxygen atoms in total. The number of hydrogen-bond donors (Lipinski definition) is 0. The van der Waals surface area contributed by atoms with Crippen molar-refractivity contribution in [1.82, 2.24) is 9.55 Å². The predicted molar refractivity (Wildman–Crippen MR) is 87.2 cm³/mol. The molecule has 21 heavy (non-hydrogen) atoms. The van der Waals surface area contributed by atoms with Crippen LogP contribution in [0.5, 0.6) is 0 Å². The van der Waals surface area contributed by atoms with E-state index in [1.807, 2.05) is 41.8 Å². The van der Waals surface area contributed by atoms with Crippen LogP contribution in [0.4, 0.5) is 4.39 Å². The lowest BCUT2D eigenvalue weighted by molar-refractivity contribution is 0.637. The van der Waals surface area contributed by atoms with Crippen molar-refractivity contribution in [2.24, 2.45) is 0 Å². The van der Waals surface area contributed by atoms with E-state index < -0.39 is 0 Å². The van der Waals surface area contributed by atoms with Gasteiger partial charge in [-0.15, -0.1) is 11.6 Å². The van der Waals surface area contributed by atoms with Crippen LogP contribution in [0.3, 0.4) is 0 Å². The first-order valence-corrected chi connectivity index (χ1v) is 7.82. The van der Waals surface area contributed by atoms with Gasteiger partial charge >= 0.3 is 0 Å². The molecule has 1 unspecified atom stereocenters. The topological polar surface area (TPSA) is 17.8 Å². The molecule has 1 atom stereocenters. The van der Waals surface area contributed by atoms with Crippen molar-refractivity contribution in [3.05, 3.63) is 64.1 Å². The van der Waals surface area contributed by atoms with Crippen molar-refractivity contribution < 1.29 is 4.39 Å². The third kappa shape index (κ3) is 2.83. The summed E-state index contributed by atoms with van der Waals surface area (Å²) in [4.78, 5) is 4.37. The van der Waals surface area contributed by atoms with Gasteiger partial charge < -0.3 is 4.57 Å². The van der Waals surface area contributed by atoms with E-state index in [4.69, 9.17) is 11.6 Å². The number of alkyl halides is 1. The Morgan fingerprint density at radius 3 is 2.62 bits per heavy atom. The number of aromatic nitrogens is 2. The number of fused-ring (bicyclic) bond motifs is 1. The monoisotopic (exact) mass is 366 g/mol. The zero-order valence-corrected chi connectivity index (χ0v) is 13.7. The van der Waals surface area contributed by atoms with Gasteiger partial charge in [0.1, 0.15) is 11.3 Å². The van der Waals surface area contributed by atoms with Gasteiger partial charge in [-0.25, -0.2) is 9.37 Å². The molecule has 2 aromatic carbocycles. The van der Waals surface area contributed by atoms with E-state index in [1.54, 1.807) is 6.07 Å². The highest BCUT2D eigenvalue weighted by Gasteiger charge is 2.17. The molecule has 1 heterocycles. The Balaban J connectivity index is 2.13. The van der Waals surface area contributed by atoms with E-state index >= 15 is 0 Å². The van der Waals surface area contributed by atoms with Gasteiger partial charge in [0, 0.05) is 11.0 Å². The SMILES string of the molecule is CC(Cl)c1nc2c(F)cccc2n1Cc1ccc(Br)cc1. The van der Waals surface area contributed by atoms with Crippen LogP contribution in [-0.2, 0) is 6.54 Å². The van der Waals surface area contributed by atoms with Crippen LogP contribution in [0.15, 0.2) is 46.9 Å². The summed E-state index contributed by atoms with van der Waals surface area (Å²) in [5, 5.41) is -0.285. The number of rotatable bonds is 3. The van der Waals surface area contributed by atoms with E-state index in [0.29, 0.717) is 17.9 Å². The van der Waals surface area contributed by atoms with Crippen LogP contribution >= 0.6 is 27.5 Å². The van der Waals surface area contributed by atoms with Crippen molar-refractivity contribution in [2.75, 3.05) is 0 Å². The first-order chi connectivity index (χ1) is 10.1. The molecule has 0 aliphatic heterocycles. The second-order valence-electron chi connectivity index (χ2n) is 4.91. The predicted octanol–water partition coefficient (Wildman–Crippen LogP) is 5.29. The summed E-state index contributed by atoms with van der Waals surface area (Å²) in [6.07, 6.45) is 0. The molecule has 1 aromatic heterocycles. The van der Waals surface area contributed by atoms with Gasteiger partial charge in [0.15, 0.2) is 5.82 Å². The lowest BCUT2D eigenvalue weighted by atomic mass is 10.2. The first kappa shape index (κ1) is 14.5. The minimum absolute atomic E-state index is 0.285. The summed E-state index contributed by atoms with van der Waals surface area (Å²) in [5.41, 5.74) is 2.25. The normalized spacial score (nSPS) is 12.8. The van der Waals surface area contributed by atoms with E-state index in [0.717, 1.165) is 15.6 Å².